The predicted molar refractivity (Wildman–Crippen MR) is 156 cm³/mol. The second-order valence-corrected chi connectivity index (χ2v) is 12.5. The first-order chi connectivity index (χ1) is 21.2. The largest absolute Gasteiger partial charge is 0.471 e. The number of carbonyl (C=O) groups excluding carboxylic acids is 3. The summed E-state index contributed by atoms with van der Waals surface area (Å²) in [7, 11) is -4.39. The first kappa shape index (κ1) is 33.7. The highest BCUT2D eigenvalue weighted by molar-refractivity contribution is 7.89. The molecule has 0 aliphatic carbocycles. The van der Waals surface area contributed by atoms with Crippen molar-refractivity contribution in [2.45, 2.75) is 62.7 Å². The third kappa shape index (κ3) is 7.90. The van der Waals surface area contributed by atoms with Crippen LogP contribution in [0.5, 0.6) is 0 Å². The number of carbonyl (C=O) groups is 3. The molecule has 2 aromatic carbocycles. The minimum atomic E-state index is -5.02. The van der Waals surface area contributed by atoms with E-state index in [4.69, 9.17) is 4.74 Å². The van der Waals surface area contributed by atoms with Gasteiger partial charge in [-0.25, -0.2) is 13.2 Å². The average Bonchev–Trinajstić information content (AvgIpc) is 3.22. The Morgan fingerprint density at radius 3 is 2.47 bits per heavy atom. The van der Waals surface area contributed by atoms with Gasteiger partial charge in [-0.2, -0.15) is 23.2 Å². The van der Waals surface area contributed by atoms with E-state index in [-0.39, 0.29) is 56.8 Å². The molecule has 2 amide bonds. The van der Waals surface area contributed by atoms with Crippen molar-refractivity contribution in [3.05, 3.63) is 76.4 Å². The highest BCUT2D eigenvalue weighted by Crippen LogP contribution is 2.25. The summed E-state index contributed by atoms with van der Waals surface area (Å²) >= 11 is 0. The van der Waals surface area contributed by atoms with E-state index in [0.29, 0.717) is 32.7 Å². The summed E-state index contributed by atoms with van der Waals surface area (Å²) in [6.45, 7) is 3.11. The van der Waals surface area contributed by atoms with E-state index in [2.05, 4.69) is 10.8 Å². The Hall–Kier alpha value is -4.22. The summed E-state index contributed by atoms with van der Waals surface area (Å²) in [5.74, 6) is -3.24. The summed E-state index contributed by atoms with van der Waals surface area (Å²) in [4.78, 5) is 40.2. The molecule has 14 heteroatoms. The van der Waals surface area contributed by atoms with Crippen molar-refractivity contribution < 1.29 is 40.7 Å². The van der Waals surface area contributed by atoms with E-state index < -0.39 is 46.1 Å². The molecule has 45 heavy (non-hydrogen) atoms. The van der Waals surface area contributed by atoms with Crippen LogP contribution in [0.3, 0.4) is 0 Å². The highest BCUT2D eigenvalue weighted by Gasteiger charge is 2.43. The number of nitrogens with one attached hydrogen (secondary N) is 1. The number of rotatable bonds is 8. The SMILES string of the molecule is CCOC(=O)[C@H]1CC=CCN1C(=O)[C@H](Cc1ccc(C)c(C#N)c1)NS(=O)(=O)c1ccc2c(c1)CCN(C(=O)C(F)(F)F)CC2. The quantitative estimate of drug-likeness (QED) is 0.344. The van der Waals surface area contributed by atoms with Crippen molar-refractivity contribution in [3.8, 4) is 6.07 Å². The van der Waals surface area contributed by atoms with Crippen molar-refractivity contribution in [2.75, 3.05) is 26.2 Å². The molecule has 0 fully saturated rings. The standard InChI is InChI=1S/C31H33F3N4O6S/c1-3-44-29(40)27-6-4-5-13-38(27)28(39)26(17-21-8-7-20(2)24(16-21)19-35)36-45(42,43)25-10-9-22-11-14-37(15-12-23(22)18-25)30(41)31(32,33)34/h4-5,7-10,16,18,26-27,36H,3,6,11-15,17H2,1-2H3/t26-,27+/m0/s1. The number of hydrogen-bond donors (Lipinski definition) is 1. The van der Waals surface area contributed by atoms with Crippen LogP contribution in [0.2, 0.25) is 0 Å². The summed E-state index contributed by atoms with van der Waals surface area (Å²) in [6.07, 6.45) is -1.42. The average molecular weight is 647 g/mol. The number of nitrogens with zero attached hydrogens (tertiary/aromatic N) is 3. The number of benzene rings is 2. The van der Waals surface area contributed by atoms with Gasteiger partial charge in [0.05, 0.1) is 23.1 Å². The zero-order chi connectivity index (χ0) is 32.9. The molecule has 2 aliphatic rings. The van der Waals surface area contributed by atoms with Gasteiger partial charge in [0.2, 0.25) is 15.9 Å². The summed E-state index contributed by atoms with van der Waals surface area (Å²) in [6, 6.07) is 8.80. The molecule has 240 valence electrons. The number of esters is 1. The minimum absolute atomic E-state index is 0.00447. The second-order valence-electron chi connectivity index (χ2n) is 10.8. The summed E-state index contributed by atoms with van der Waals surface area (Å²) in [5.41, 5.74) is 2.65. The van der Waals surface area contributed by atoms with Gasteiger partial charge >= 0.3 is 18.1 Å². The first-order valence-electron chi connectivity index (χ1n) is 14.4. The fraction of sp³-hybridized carbons (Fsp3) is 0.419. The molecule has 0 saturated carbocycles. The third-order valence-electron chi connectivity index (χ3n) is 7.82. The maximum absolute atomic E-state index is 14.0. The molecule has 2 heterocycles. The van der Waals surface area contributed by atoms with Crippen LogP contribution in [0, 0.1) is 18.3 Å². The molecule has 4 rings (SSSR count). The van der Waals surface area contributed by atoms with E-state index in [1.165, 1.54) is 23.1 Å². The predicted octanol–water partition coefficient (Wildman–Crippen LogP) is 2.97. The maximum Gasteiger partial charge on any atom is 0.471 e. The van der Waals surface area contributed by atoms with Crippen LogP contribution in [0.15, 0.2) is 53.4 Å². The van der Waals surface area contributed by atoms with Crippen LogP contribution in [0.4, 0.5) is 13.2 Å². The molecule has 2 aliphatic heterocycles. The fourth-order valence-corrected chi connectivity index (χ4v) is 6.65. The lowest BCUT2D eigenvalue weighted by Gasteiger charge is -2.34. The Morgan fingerprint density at radius 2 is 1.80 bits per heavy atom. The van der Waals surface area contributed by atoms with Crippen molar-refractivity contribution in [2.24, 2.45) is 0 Å². The molecule has 0 aromatic heterocycles. The van der Waals surface area contributed by atoms with Gasteiger partial charge in [0.15, 0.2) is 0 Å². The van der Waals surface area contributed by atoms with Gasteiger partial charge in [-0.3, -0.25) is 9.59 Å². The Morgan fingerprint density at radius 1 is 1.09 bits per heavy atom. The number of aryl methyl sites for hydroxylation is 1. The number of alkyl halides is 3. The molecule has 2 aromatic rings. The van der Waals surface area contributed by atoms with E-state index in [1.807, 2.05) is 0 Å². The zero-order valence-corrected chi connectivity index (χ0v) is 25.6. The fourth-order valence-electron chi connectivity index (χ4n) is 5.41. The Balaban J connectivity index is 1.64. The number of fused-ring (bicyclic) bond motifs is 1. The van der Waals surface area contributed by atoms with Crippen molar-refractivity contribution in [1.82, 2.24) is 14.5 Å². The topological polar surface area (TPSA) is 137 Å². The lowest BCUT2D eigenvalue weighted by molar-refractivity contribution is -0.185. The van der Waals surface area contributed by atoms with Crippen molar-refractivity contribution in [1.29, 1.82) is 5.26 Å². The number of ether oxygens (including phenoxy) is 1. The lowest BCUT2D eigenvalue weighted by Crippen LogP contribution is -2.55. The number of halogens is 3. The molecule has 10 nitrogen and oxygen atoms in total. The lowest BCUT2D eigenvalue weighted by atomic mass is 9.99. The van der Waals surface area contributed by atoms with Gasteiger partial charge in [0.25, 0.3) is 0 Å². The van der Waals surface area contributed by atoms with Crippen LogP contribution in [0.25, 0.3) is 0 Å². The molecule has 0 spiro atoms. The van der Waals surface area contributed by atoms with Gasteiger partial charge in [-0.1, -0.05) is 30.4 Å². The van der Waals surface area contributed by atoms with E-state index >= 15 is 0 Å². The Labute approximate surface area is 259 Å². The van der Waals surface area contributed by atoms with E-state index in [1.54, 1.807) is 44.2 Å². The molecule has 0 bridgehead atoms. The van der Waals surface area contributed by atoms with Crippen LogP contribution in [0.1, 0.15) is 41.2 Å². The van der Waals surface area contributed by atoms with Gasteiger partial charge < -0.3 is 14.5 Å². The van der Waals surface area contributed by atoms with Crippen LogP contribution in [-0.2, 0) is 48.4 Å². The normalized spacial score (nSPS) is 17.6. The number of amides is 2. The van der Waals surface area contributed by atoms with Gasteiger partial charge in [0, 0.05) is 19.6 Å². The molecule has 1 N–H and O–H groups in total. The summed E-state index contributed by atoms with van der Waals surface area (Å²) in [5, 5.41) is 9.50. The van der Waals surface area contributed by atoms with Crippen LogP contribution in [-0.4, -0.2) is 80.5 Å². The van der Waals surface area contributed by atoms with Crippen LogP contribution < -0.4 is 4.72 Å². The summed E-state index contributed by atoms with van der Waals surface area (Å²) < 4.78 is 74.1. The third-order valence-corrected chi connectivity index (χ3v) is 9.29. The van der Waals surface area contributed by atoms with Crippen molar-refractivity contribution >= 4 is 27.8 Å². The van der Waals surface area contributed by atoms with E-state index in [9.17, 15) is 41.2 Å². The number of sulfonamides is 1. The zero-order valence-electron chi connectivity index (χ0n) is 24.8. The number of nitriles is 1. The maximum atomic E-state index is 14.0. The molecule has 0 radical (unpaired) electrons. The highest BCUT2D eigenvalue weighted by atomic mass is 32.2. The van der Waals surface area contributed by atoms with Gasteiger partial charge in [-0.15, -0.1) is 0 Å². The second kappa shape index (κ2) is 13.8. The molecule has 0 unspecified atom stereocenters. The van der Waals surface area contributed by atoms with Crippen LogP contribution >= 0.6 is 0 Å². The smallest absolute Gasteiger partial charge is 0.464 e. The molecular formula is C31H33F3N4O6S. The Bertz CT molecular complexity index is 1650. The molecule has 0 saturated heterocycles. The first-order valence-corrected chi connectivity index (χ1v) is 15.9. The number of hydrogen-bond acceptors (Lipinski definition) is 7. The van der Waals surface area contributed by atoms with E-state index in [0.717, 1.165) is 0 Å². The van der Waals surface area contributed by atoms with Crippen molar-refractivity contribution in [3.63, 3.8) is 0 Å². The molecular weight excluding hydrogens is 613 g/mol. The van der Waals surface area contributed by atoms with Gasteiger partial charge in [-0.05, 0) is 80.0 Å². The molecule has 2 atom stereocenters. The minimum Gasteiger partial charge on any atom is -0.464 e. The Kier molecular flexibility index (Phi) is 10.3. The monoisotopic (exact) mass is 646 g/mol. The van der Waals surface area contributed by atoms with Gasteiger partial charge in [0.1, 0.15) is 12.1 Å².